The van der Waals surface area contributed by atoms with Crippen LogP contribution in [0.25, 0.3) is 10.8 Å². The zero-order valence-electron chi connectivity index (χ0n) is 10.6. The molecule has 1 atom stereocenters. The predicted octanol–water partition coefficient (Wildman–Crippen LogP) is 4.20. The minimum Gasteiger partial charge on any atom is -0.381 e. The van der Waals surface area contributed by atoms with Crippen molar-refractivity contribution in [1.82, 2.24) is 0 Å². The standard InChI is InChI=1S/C16H20O/c1-3-6-16(17-2)12-13-9-10-14-7-4-5-8-15(14)11-13/h4-5,7-11,16H,3,6,12H2,1-2H3. The van der Waals surface area contributed by atoms with E-state index in [0.717, 1.165) is 12.8 Å². The minimum atomic E-state index is 0.348. The first-order chi connectivity index (χ1) is 8.33. The van der Waals surface area contributed by atoms with Crippen molar-refractivity contribution in [3.05, 3.63) is 48.0 Å². The summed E-state index contributed by atoms with van der Waals surface area (Å²) in [6, 6.07) is 15.2. The van der Waals surface area contributed by atoms with E-state index < -0.39 is 0 Å². The Morgan fingerprint density at radius 1 is 1.06 bits per heavy atom. The summed E-state index contributed by atoms with van der Waals surface area (Å²) >= 11 is 0. The van der Waals surface area contributed by atoms with Crippen molar-refractivity contribution in [2.24, 2.45) is 0 Å². The van der Waals surface area contributed by atoms with Crippen LogP contribution in [0.15, 0.2) is 42.5 Å². The molecule has 1 unspecified atom stereocenters. The van der Waals surface area contributed by atoms with Crippen molar-refractivity contribution in [3.63, 3.8) is 0 Å². The molecule has 0 saturated carbocycles. The molecule has 2 aromatic carbocycles. The maximum atomic E-state index is 5.51. The lowest BCUT2D eigenvalue weighted by atomic mass is 10.0. The molecule has 0 N–H and O–H groups in total. The van der Waals surface area contributed by atoms with Gasteiger partial charge in [-0.05, 0) is 29.2 Å². The smallest absolute Gasteiger partial charge is 0.0611 e. The molecule has 0 aliphatic rings. The molecule has 0 radical (unpaired) electrons. The average molecular weight is 228 g/mol. The second-order valence-electron chi connectivity index (χ2n) is 4.53. The summed E-state index contributed by atoms with van der Waals surface area (Å²) in [5.41, 5.74) is 1.36. The maximum absolute atomic E-state index is 5.51. The summed E-state index contributed by atoms with van der Waals surface area (Å²) in [5.74, 6) is 0. The molecule has 2 aromatic rings. The van der Waals surface area contributed by atoms with Crippen LogP contribution in [0.3, 0.4) is 0 Å². The van der Waals surface area contributed by atoms with E-state index in [-0.39, 0.29) is 0 Å². The summed E-state index contributed by atoms with van der Waals surface area (Å²) in [6.45, 7) is 2.20. The Balaban J connectivity index is 2.18. The highest BCUT2D eigenvalue weighted by molar-refractivity contribution is 5.82. The van der Waals surface area contributed by atoms with Crippen molar-refractivity contribution in [3.8, 4) is 0 Å². The third kappa shape index (κ3) is 3.07. The molecule has 0 fully saturated rings. The van der Waals surface area contributed by atoms with E-state index in [2.05, 4.69) is 49.4 Å². The maximum Gasteiger partial charge on any atom is 0.0611 e. The van der Waals surface area contributed by atoms with Crippen LogP contribution in [0.5, 0.6) is 0 Å². The molecule has 0 aliphatic heterocycles. The van der Waals surface area contributed by atoms with Crippen LogP contribution >= 0.6 is 0 Å². The topological polar surface area (TPSA) is 9.23 Å². The molecule has 2 rings (SSSR count). The van der Waals surface area contributed by atoms with Gasteiger partial charge in [-0.15, -0.1) is 0 Å². The lowest BCUT2D eigenvalue weighted by Crippen LogP contribution is -2.13. The van der Waals surface area contributed by atoms with E-state index in [1.54, 1.807) is 7.11 Å². The number of methoxy groups -OCH3 is 1. The fourth-order valence-electron chi connectivity index (χ4n) is 2.25. The van der Waals surface area contributed by atoms with Crippen molar-refractivity contribution < 1.29 is 4.74 Å². The molecule has 0 spiro atoms. The van der Waals surface area contributed by atoms with E-state index in [9.17, 15) is 0 Å². The number of ether oxygens (including phenoxy) is 1. The highest BCUT2D eigenvalue weighted by atomic mass is 16.5. The Morgan fingerprint density at radius 3 is 2.53 bits per heavy atom. The molecule has 0 amide bonds. The Morgan fingerprint density at radius 2 is 1.82 bits per heavy atom. The van der Waals surface area contributed by atoms with Gasteiger partial charge in [-0.25, -0.2) is 0 Å². The molecule has 0 bridgehead atoms. The summed E-state index contributed by atoms with van der Waals surface area (Å²) in [4.78, 5) is 0. The van der Waals surface area contributed by atoms with Crippen molar-refractivity contribution in [2.45, 2.75) is 32.3 Å². The van der Waals surface area contributed by atoms with Gasteiger partial charge in [0.1, 0.15) is 0 Å². The normalized spacial score (nSPS) is 12.8. The van der Waals surface area contributed by atoms with Gasteiger partial charge in [-0.1, -0.05) is 55.8 Å². The van der Waals surface area contributed by atoms with Crippen molar-refractivity contribution >= 4 is 10.8 Å². The minimum absolute atomic E-state index is 0.348. The van der Waals surface area contributed by atoms with E-state index in [1.807, 2.05) is 0 Å². The molecule has 1 nitrogen and oxygen atoms in total. The van der Waals surface area contributed by atoms with Gasteiger partial charge in [0, 0.05) is 7.11 Å². The zero-order valence-corrected chi connectivity index (χ0v) is 10.6. The van der Waals surface area contributed by atoms with Gasteiger partial charge in [0.25, 0.3) is 0 Å². The van der Waals surface area contributed by atoms with Crippen LogP contribution in [0, 0.1) is 0 Å². The second-order valence-corrected chi connectivity index (χ2v) is 4.53. The molecule has 0 heterocycles. The van der Waals surface area contributed by atoms with Crippen LogP contribution in [0.2, 0.25) is 0 Å². The molecule has 0 aromatic heterocycles. The Labute approximate surface area is 103 Å². The van der Waals surface area contributed by atoms with Crippen molar-refractivity contribution in [1.29, 1.82) is 0 Å². The van der Waals surface area contributed by atoms with Gasteiger partial charge in [-0.3, -0.25) is 0 Å². The largest absolute Gasteiger partial charge is 0.381 e. The van der Waals surface area contributed by atoms with Crippen LogP contribution in [-0.4, -0.2) is 13.2 Å². The summed E-state index contributed by atoms with van der Waals surface area (Å²) in [5, 5.41) is 2.62. The van der Waals surface area contributed by atoms with E-state index >= 15 is 0 Å². The van der Waals surface area contributed by atoms with Gasteiger partial charge in [0.15, 0.2) is 0 Å². The lowest BCUT2D eigenvalue weighted by Gasteiger charge is -2.14. The number of benzene rings is 2. The van der Waals surface area contributed by atoms with Gasteiger partial charge in [0.2, 0.25) is 0 Å². The van der Waals surface area contributed by atoms with Gasteiger partial charge < -0.3 is 4.74 Å². The molecule has 90 valence electrons. The first kappa shape index (κ1) is 12.1. The van der Waals surface area contributed by atoms with Crippen LogP contribution in [0.1, 0.15) is 25.3 Å². The molecular weight excluding hydrogens is 208 g/mol. The fourth-order valence-corrected chi connectivity index (χ4v) is 2.25. The highest BCUT2D eigenvalue weighted by Gasteiger charge is 2.07. The van der Waals surface area contributed by atoms with Crippen LogP contribution in [0.4, 0.5) is 0 Å². The number of rotatable bonds is 5. The third-order valence-electron chi connectivity index (χ3n) is 3.22. The molecule has 0 saturated heterocycles. The van der Waals surface area contributed by atoms with E-state index in [0.29, 0.717) is 6.10 Å². The first-order valence-electron chi connectivity index (χ1n) is 6.34. The van der Waals surface area contributed by atoms with E-state index in [1.165, 1.54) is 22.8 Å². The summed E-state index contributed by atoms with van der Waals surface area (Å²) < 4.78 is 5.51. The molecular formula is C16H20O. The predicted molar refractivity (Wildman–Crippen MR) is 73.4 cm³/mol. The lowest BCUT2D eigenvalue weighted by molar-refractivity contribution is 0.0949. The second kappa shape index (κ2) is 5.83. The zero-order chi connectivity index (χ0) is 12.1. The van der Waals surface area contributed by atoms with Gasteiger partial charge in [0.05, 0.1) is 6.10 Å². The third-order valence-corrected chi connectivity index (χ3v) is 3.22. The number of hydrogen-bond donors (Lipinski definition) is 0. The van der Waals surface area contributed by atoms with E-state index in [4.69, 9.17) is 4.74 Å². The Kier molecular flexibility index (Phi) is 4.16. The van der Waals surface area contributed by atoms with Crippen molar-refractivity contribution in [2.75, 3.05) is 7.11 Å². The number of fused-ring (bicyclic) bond motifs is 1. The summed E-state index contributed by atoms with van der Waals surface area (Å²) in [7, 11) is 1.81. The van der Waals surface area contributed by atoms with Crippen LogP contribution in [-0.2, 0) is 11.2 Å². The van der Waals surface area contributed by atoms with Gasteiger partial charge in [-0.2, -0.15) is 0 Å². The monoisotopic (exact) mass is 228 g/mol. The Bertz CT molecular complexity index is 476. The molecule has 1 heteroatoms. The average Bonchev–Trinajstić information content (AvgIpc) is 2.38. The summed E-state index contributed by atoms with van der Waals surface area (Å²) in [6.07, 6.45) is 3.66. The van der Waals surface area contributed by atoms with Gasteiger partial charge >= 0.3 is 0 Å². The fraction of sp³-hybridized carbons (Fsp3) is 0.375. The quantitative estimate of drug-likeness (QED) is 0.745. The molecule has 17 heavy (non-hydrogen) atoms. The van der Waals surface area contributed by atoms with Crippen LogP contribution < -0.4 is 0 Å². The SMILES string of the molecule is CCCC(Cc1ccc2ccccc2c1)OC. The number of hydrogen-bond acceptors (Lipinski definition) is 1. The Hall–Kier alpha value is -1.34. The molecule has 0 aliphatic carbocycles. The highest BCUT2D eigenvalue weighted by Crippen LogP contribution is 2.18. The first-order valence-corrected chi connectivity index (χ1v) is 6.34.